The molecule has 678 valence electrons. The molecule has 6 aliphatic rings. The molecule has 0 saturated carbocycles. The van der Waals surface area contributed by atoms with Crippen molar-refractivity contribution in [2.45, 2.75) is 219 Å². The maximum atomic E-state index is 5.26. The Bertz CT molecular complexity index is 5410. The van der Waals surface area contributed by atoms with Crippen molar-refractivity contribution in [3.05, 3.63) is 476 Å². The number of pyridine rings is 6. The molecular weight excluding hydrogens is 2340 g/mol. The van der Waals surface area contributed by atoms with Gasteiger partial charge in [-0.1, -0.05) is 159 Å². The first-order valence-electron chi connectivity index (χ1n) is 45.0. The van der Waals surface area contributed by atoms with Crippen LogP contribution < -0.4 is 0 Å². The number of benzene rings is 8. The van der Waals surface area contributed by atoms with E-state index in [4.69, 9.17) is 29.9 Å². The predicted octanol–water partition coefficient (Wildman–Crippen LogP) is 25.2. The third-order valence-electron chi connectivity index (χ3n) is 27.7. The molecule has 0 N–H and O–H groups in total. The molecule has 10 nitrogen and oxygen atoms in total. The van der Waals surface area contributed by atoms with Crippen molar-refractivity contribution in [1.82, 2.24) is 49.5 Å². The van der Waals surface area contributed by atoms with Crippen molar-refractivity contribution in [3.8, 4) is 22.5 Å². The van der Waals surface area contributed by atoms with E-state index in [-0.39, 0.29) is 138 Å². The Morgan fingerprint density at radius 1 is 0.197 bits per heavy atom. The van der Waals surface area contributed by atoms with Crippen molar-refractivity contribution in [3.63, 3.8) is 0 Å². The van der Waals surface area contributed by atoms with Gasteiger partial charge in [-0.25, -0.2) is 0 Å². The third kappa shape index (κ3) is 20.0. The molecule has 32 bridgehead atoms. The smallest absolute Gasteiger partial charge is 0.506 e. The molecule has 20 rings (SSSR count). The molecule has 8 aromatic carbocycles. The van der Waals surface area contributed by atoms with Crippen molar-refractivity contribution < 1.29 is 84.3 Å². The molecule has 0 atom stereocenters. The van der Waals surface area contributed by atoms with Crippen LogP contribution in [-0.4, -0.2) is 49.5 Å². The average molecular weight is 2450 g/mol. The summed E-state index contributed by atoms with van der Waals surface area (Å²) in [6.07, 6.45) is 8.48. The minimum absolute atomic E-state index is 0. The van der Waals surface area contributed by atoms with Gasteiger partial charge in [0.15, 0.2) is 0 Å². The minimum atomic E-state index is -0.353. The van der Waals surface area contributed by atoms with Gasteiger partial charge in [0.1, 0.15) is 0 Å². The Labute approximate surface area is 843 Å². The molecule has 0 unspecified atom stereocenters. The van der Waals surface area contributed by atoms with Gasteiger partial charge in [-0.05, 0) is 162 Å². The monoisotopic (exact) mass is 2450 g/mol. The maximum absolute atomic E-state index is 5.26. The molecule has 0 radical (unpaired) electrons. The fraction of sp³-hybridized carbons (Fsp3) is 0.288. The van der Waals surface area contributed by atoms with Crippen molar-refractivity contribution in [2.24, 2.45) is 0 Å². The van der Waals surface area contributed by atoms with Gasteiger partial charge in [0.05, 0.1) is 11.4 Å². The van der Waals surface area contributed by atoms with Crippen LogP contribution in [0.4, 0.5) is 0 Å². The summed E-state index contributed by atoms with van der Waals surface area (Å²) in [5, 5.41) is 0. The van der Waals surface area contributed by atoms with Crippen LogP contribution in [-0.2, 0) is 165 Å². The number of rotatable bonds is 0. The molecule has 6 aromatic heterocycles. The summed E-state index contributed by atoms with van der Waals surface area (Å²) < 4.78 is 0. The number of hydrogen-bond acceptors (Lipinski definition) is 10. The largest absolute Gasteiger partial charge is 4.00 e. The number of aromatic nitrogens is 6. The van der Waals surface area contributed by atoms with Crippen LogP contribution >= 0.6 is 0 Å². The predicted molar refractivity (Wildman–Crippen MR) is 516 cm³/mol. The van der Waals surface area contributed by atoms with Crippen LogP contribution in [0.2, 0.25) is 0 Å². The molecule has 14 aromatic rings. The van der Waals surface area contributed by atoms with Crippen molar-refractivity contribution >= 4 is 0 Å². The molecular formula is C118H116N10Pt4. The molecule has 0 aliphatic carbocycles. The Kier molecular flexibility index (Phi) is 29.3. The second-order valence-corrected chi connectivity index (χ2v) is 40.5. The number of nitrogens with zero attached hydrogens (tertiary/aromatic N) is 10. The Morgan fingerprint density at radius 3 is 0.606 bits per heavy atom. The van der Waals surface area contributed by atoms with Gasteiger partial charge in [-0.2, -0.15) is 203 Å². The van der Waals surface area contributed by atoms with E-state index >= 15 is 0 Å². The molecule has 0 saturated heterocycles. The third-order valence-corrected chi connectivity index (χ3v) is 27.7. The zero-order valence-corrected chi connectivity index (χ0v) is 88.4. The zero-order valence-electron chi connectivity index (χ0n) is 79.3. The quantitative estimate of drug-likeness (QED) is 0.137. The van der Waals surface area contributed by atoms with Gasteiger partial charge in [0, 0.05) is 88.9 Å². The summed E-state index contributed by atoms with van der Waals surface area (Å²) in [4.78, 5) is 39.9. The normalized spacial score (nSPS) is 17.6. The fourth-order valence-electron chi connectivity index (χ4n) is 18.1. The summed E-state index contributed by atoms with van der Waals surface area (Å²) in [6, 6.07) is 119. The van der Waals surface area contributed by atoms with Gasteiger partial charge in [-0.3, -0.25) is 19.9 Å². The van der Waals surface area contributed by atoms with Gasteiger partial charge in [-0.15, -0.1) is 93.0 Å². The standard InChI is InChI=1S/2C34H36N2.C28H24N2.C22H20N4.4Pt/c1-31(2)23-13-9-15-25(21-23)32(3,4)27-17-11-19-29(35-27)34(7,8)30-20-12-18-28(36-30)33(5,6)26-16-10-14-24(31)22-26;1-31(2)23-13-9-14-24(21-23)32(3,4)29-19-12-20-30(36-29)34(7,8)26-16-10-15-25(22-26)33(5,6)28-18-11-17-27(31)35-28;1-27(2)21-11-5-9-19(17-21)23-13-7-15-25(29-23)28(3,4)26-16-8-14-24(30-26)20-10-6-12-22(27)18-20;1-3-19-11-20(4-1)14-24-8-10-26(18-24)16-22-6-2-5-21(12-22)15-25-9-7-23(13-19)17-25;;;;/h2*9-20H,1-8H3;5-16H,1-4H3;1-10,17-18H,13-16H2;;;;/q3*-2;-4;3*+2;+4. The summed E-state index contributed by atoms with van der Waals surface area (Å²) in [6.45, 7) is 52.3. The van der Waals surface area contributed by atoms with E-state index in [0.717, 1.165) is 161 Å². The van der Waals surface area contributed by atoms with Crippen LogP contribution in [0.1, 0.15) is 273 Å². The van der Waals surface area contributed by atoms with E-state index in [0.29, 0.717) is 0 Å². The summed E-state index contributed by atoms with van der Waals surface area (Å²) in [5.41, 5.74) is 27.3. The van der Waals surface area contributed by atoms with E-state index in [1.165, 1.54) is 22.3 Å². The molecule has 0 amide bonds. The molecule has 0 spiro atoms. The van der Waals surface area contributed by atoms with Crippen LogP contribution in [0, 0.1) is 61.9 Å². The first kappa shape index (κ1) is 99.6. The van der Waals surface area contributed by atoms with Gasteiger partial charge >= 0.3 is 84.3 Å². The van der Waals surface area contributed by atoms with Gasteiger partial charge < -0.3 is 29.6 Å². The second-order valence-electron chi connectivity index (χ2n) is 40.5. The fourth-order valence-corrected chi connectivity index (χ4v) is 18.1. The number of hydrogen-bond donors (Lipinski definition) is 0. The van der Waals surface area contributed by atoms with E-state index in [1.807, 2.05) is 0 Å². The van der Waals surface area contributed by atoms with E-state index in [9.17, 15) is 0 Å². The van der Waals surface area contributed by atoms with E-state index in [2.05, 4.69) is 500 Å². The molecule has 12 heterocycles. The Balaban J connectivity index is 0.000000149. The molecule has 0 fully saturated rings. The number of fused-ring (bicyclic) bond motifs is 34. The maximum Gasteiger partial charge on any atom is 4.00 e. The topological polar surface area (TPSA) is 90.3 Å². The summed E-state index contributed by atoms with van der Waals surface area (Å²) in [7, 11) is 0. The summed E-state index contributed by atoms with van der Waals surface area (Å²) >= 11 is 0. The Morgan fingerprint density at radius 2 is 0.371 bits per heavy atom. The zero-order chi connectivity index (χ0) is 90.1. The summed E-state index contributed by atoms with van der Waals surface area (Å²) in [5.74, 6) is 0. The second kappa shape index (κ2) is 38.8. The van der Waals surface area contributed by atoms with Crippen LogP contribution in [0.25, 0.3) is 22.5 Å². The van der Waals surface area contributed by atoms with Crippen LogP contribution in [0.5, 0.6) is 0 Å². The van der Waals surface area contributed by atoms with E-state index in [1.54, 1.807) is 0 Å². The molecule has 14 heteroatoms. The first-order chi connectivity index (χ1) is 60.8. The van der Waals surface area contributed by atoms with Gasteiger partial charge in [0.2, 0.25) is 0 Å². The average Bonchev–Trinajstić information content (AvgIpc) is 1.17. The first-order valence-corrected chi connectivity index (χ1v) is 45.0. The van der Waals surface area contributed by atoms with E-state index < -0.39 is 0 Å². The molecule has 6 aliphatic heterocycles. The minimum Gasteiger partial charge on any atom is -0.506 e. The van der Waals surface area contributed by atoms with Crippen molar-refractivity contribution in [2.75, 3.05) is 0 Å². The van der Waals surface area contributed by atoms with Crippen LogP contribution in [0.3, 0.4) is 0 Å². The van der Waals surface area contributed by atoms with Crippen LogP contribution in [0.15, 0.2) is 280 Å². The molecule has 132 heavy (non-hydrogen) atoms. The Hall–Kier alpha value is -9.91. The van der Waals surface area contributed by atoms with Crippen molar-refractivity contribution in [1.29, 1.82) is 0 Å². The SMILES string of the molecule is CC1(C)c2[c-]c(ccc2)-c2cccc(n2)C(C)(C)c2cccc(n2)-c2[c-]c1ccc2.CC1(C)c2[c-]c(ccc2)C(C)(C)c2cccc(n2)C(C)(C)c2[c-]c(ccc2)C(C)(C)c2cccc1n2.CC1(C)c2[c-]c(ccc2)C(C)(C)c2cccc(n2)C(C)(C)c2cccc(n2)C(C)(C)c2[c-]c1ccc2.[Pt+2].[Pt+2].[Pt+2].[Pt+4].[c-]1c2cccc1CN1C=CN([CH-]1)Cc1[c-]c(ccc1)CN1C=CN([CH-]1)C2. The van der Waals surface area contributed by atoms with Gasteiger partial charge in [0.25, 0.3) is 0 Å².